The first-order chi connectivity index (χ1) is 8.17. The highest BCUT2D eigenvalue weighted by molar-refractivity contribution is 5.83. The van der Waals surface area contributed by atoms with Crippen molar-refractivity contribution in [2.24, 2.45) is 7.05 Å². The average Bonchev–Trinajstić information content (AvgIpc) is 2.70. The zero-order chi connectivity index (χ0) is 12.4. The van der Waals surface area contributed by atoms with Crippen LogP contribution in [0.4, 0.5) is 4.39 Å². The molecule has 2 aromatic rings. The summed E-state index contributed by atoms with van der Waals surface area (Å²) in [6, 6.07) is 4.53. The Hall–Kier alpha value is -2.17. The lowest BCUT2D eigenvalue weighted by molar-refractivity contribution is 0.112. The highest BCUT2D eigenvalue weighted by atomic mass is 19.1. The van der Waals surface area contributed by atoms with Gasteiger partial charge >= 0.3 is 0 Å². The van der Waals surface area contributed by atoms with E-state index in [-0.39, 0.29) is 11.4 Å². The van der Waals surface area contributed by atoms with Crippen molar-refractivity contribution >= 4 is 6.29 Å². The lowest BCUT2D eigenvalue weighted by Gasteiger charge is -2.06. The Bertz CT molecular complexity index is 564. The molecule has 1 aromatic heterocycles. The molecule has 0 spiro atoms. The van der Waals surface area contributed by atoms with Crippen molar-refractivity contribution in [3.8, 4) is 17.0 Å². The maximum Gasteiger partial charge on any atom is 0.170 e. The van der Waals surface area contributed by atoms with Crippen LogP contribution in [0.1, 0.15) is 10.5 Å². The van der Waals surface area contributed by atoms with Gasteiger partial charge in [-0.1, -0.05) is 0 Å². The predicted molar refractivity (Wildman–Crippen MR) is 60.5 cm³/mol. The molecule has 0 saturated heterocycles. The molecule has 4 nitrogen and oxygen atoms in total. The van der Waals surface area contributed by atoms with E-state index in [1.807, 2.05) is 0 Å². The minimum Gasteiger partial charge on any atom is -0.494 e. The molecule has 17 heavy (non-hydrogen) atoms. The Kier molecular flexibility index (Phi) is 2.91. The SMILES string of the molecule is COc1ccc(-c2c(C=O)ncn2C)cc1F. The highest BCUT2D eigenvalue weighted by Gasteiger charge is 2.12. The average molecular weight is 234 g/mol. The molecule has 0 bridgehead atoms. The van der Waals surface area contributed by atoms with E-state index in [4.69, 9.17) is 4.74 Å². The molecule has 0 aliphatic heterocycles. The number of nitrogens with zero attached hydrogens (tertiary/aromatic N) is 2. The maximum atomic E-state index is 13.6. The molecule has 0 N–H and O–H groups in total. The number of methoxy groups -OCH3 is 1. The summed E-state index contributed by atoms with van der Waals surface area (Å²) in [5.41, 5.74) is 1.46. The van der Waals surface area contributed by atoms with Gasteiger partial charge in [-0.25, -0.2) is 9.37 Å². The largest absolute Gasteiger partial charge is 0.494 e. The number of aldehydes is 1. The van der Waals surface area contributed by atoms with E-state index in [0.717, 1.165) is 0 Å². The molecule has 2 rings (SSSR count). The summed E-state index contributed by atoms with van der Waals surface area (Å²) in [5, 5.41) is 0. The molecular weight excluding hydrogens is 223 g/mol. The van der Waals surface area contributed by atoms with Crippen LogP contribution in [0.15, 0.2) is 24.5 Å². The van der Waals surface area contributed by atoms with Crippen molar-refractivity contribution in [2.75, 3.05) is 7.11 Å². The molecule has 0 aliphatic rings. The third-order valence-electron chi connectivity index (χ3n) is 2.50. The van der Waals surface area contributed by atoms with E-state index in [0.29, 0.717) is 17.5 Å². The lowest BCUT2D eigenvalue weighted by Crippen LogP contribution is -1.95. The van der Waals surface area contributed by atoms with Crippen molar-refractivity contribution in [1.29, 1.82) is 0 Å². The van der Waals surface area contributed by atoms with Gasteiger partial charge in [0.1, 0.15) is 5.69 Å². The van der Waals surface area contributed by atoms with Crippen LogP contribution in [0.5, 0.6) is 5.75 Å². The van der Waals surface area contributed by atoms with E-state index in [2.05, 4.69) is 4.98 Å². The van der Waals surface area contributed by atoms with Crippen molar-refractivity contribution in [3.05, 3.63) is 36.0 Å². The Labute approximate surface area is 97.7 Å². The van der Waals surface area contributed by atoms with Gasteiger partial charge in [0.15, 0.2) is 17.9 Å². The number of aromatic nitrogens is 2. The number of benzene rings is 1. The molecule has 5 heteroatoms. The molecule has 1 aromatic carbocycles. The van der Waals surface area contributed by atoms with E-state index in [1.54, 1.807) is 17.7 Å². The lowest BCUT2D eigenvalue weighted by atomic mass is 10.1. The minimum atomic E-state index is -0.469. The number of aryl methyl sites for hydroxylation is 1. The fourth-order valence-electron chi connectivity index (χ4n) is 1.70. The first-order valence-corrected chi connectivity index (χ1v) is 4.97. The van der Waals surface area contributed by atoms with E-state index >= 15 is 0 Å². The third-order valence-corrected chi connectivity index (χ3v) is 2.50. The Morgan fingerprint density at radius 1 is 1.47 bits per heavy atom. The predicted octanol–water partition coefficient (Wildman–Crippen LogP) is 2.05. The molecule has 0 saturated carbocycles. The van der Waals surface area contributed by atoms with Gasteiger partial charge in [-0.3, -0.25) is 4.79 Å². The Morgan fingerprint density at radius 2 is 2.24 bits per heavy atom. The van der Waals surface area contributed by atoms with Gasteiger partial charge < -0.3 is 9.30 Å². The number of carbonyl (C=O) groups is 1. The number of halogens is 1. The normalized spacial score (nSPS) is 10.3. The summed E-state index contributed by atoms with van der Waals surface area (Å²) in [5.74, 6) is -0.299. The number of imidazole rings is 1. The number of rotatable bonds is 3. The van der Waals surface area contributed by atoms with Crippen LogP contribution in [0.25, 0.3) is 11.3 Å². The van der Waals surface area contributed by atoms with Gasteiger partial charge in [0.05, 0.1) is 19.1 Å². The van der Waals surface area contributed by atoms with Crippen LogP contribution in [0.3, 0.4) is 0 Å². The van der Waals surface area contributed by atoms with Crippen LogP contribution in [-0.4, -0.2) is 22.9 Å². The van der Waals surface area contributed by atoms with Gasteiger partial charge in [-0.2, -0.15) is 0 Å². The quantitative estimate of drug-likeness (QED) is 0.763. The van der Waals surface area contributed by atoms with Gasteiger partial charge in [0.2, 0.25) is 0 Å². The minimum absolute atomic E-state index is 0.170. The summed E-state index contributed by atoms with van der Waals surface area (Å²) in [6.07, 6.45) is 2.17. The number of carbonyl (C=O) groups excluding carboxylic acids is 1. The zero-order valence-corrected chi connectivity index (χ0v) is 9.48. The van der Waals surface area contributed by atoms with Crippen LogP contribution in [-0.2, 0) is 7.05 Å². The van der Waals surface area contributed by atoms with Crippen LogP contribution >= 0.6 is 0 Å². The van der Waals surface area contributed by atoms with Crippen LogP contribution < -0.4 is 4.74 Å². The molecule has 1 heterocycles. The number of ether oxygens (including phenoxy) is 1. The summed E-state index contributed by atoms with van der Waals surface area (Å²) in [4.78, 5) is 14.8. The van der Waals surface area contributed by atoms with Gasteiger partial charge in [0, 0.05) is 12.6 Å². The number of hydrogen-bond donors (Lipinski definition) is 0. The van der Waals surface area contributed by atoms with E-state index in [9.17, 15) is 9.18 Å². The molecular formula is C12H11FN2O2. The second-order valence-corrected chi connectivity index (χ2v) is 3.56. The Morgan fingerprint density at radius 3 is 2.82 bits per heavy atom. The zero-order valence-electron chi connectivity index (χ0n) is 9.48. The third kappa shape index (κ3) is 1.91. The molecule has 0 atom stereocenters. The molecule has 0 aliphatic carbocycles. The molecule has 88 valence electrons. The smallest absolute Gasteiger partial charge is 0.170 e. The molecule has 0 radical (unpaired) electrons. The maximum absolute atomic E-state index is 13.6. The van der Waals surface area contributed by atoms with Crippen LogP contribution in [0, 0.1) is 5.82 Å². The van der Waals surface area contributed by atoms with Crippen molar-refractivity contribution in [2.45, 2.75) is 0 Å². The topological polar surface area (TPSA) is 44.1 Å². The van der Waals surface area contributed by atoms with Crippen molar-refractivity contribution in [3.63, 3.8) is 0 Å². The van der Waals surface area contributed by atoms with E-state index in [1.165, 1.54) is 25.6 Å². The van der Waals surface area contributed by atoms with Gasteiger partial charge in [-0.05, 0) is 18.2 Å². The van der Waals surface area contributed by atoms with Gasteiger partial charge in [0.25, 0.3) is 0 Å². The van der Waals surface area contributed by atoms with Gasteiger partial charge in [-0.15, -0.1) is 0 Å². The molecule has 0 unspecified atom stereocenters. The standard InChI is InChI=1S/C12H11FN2O2/c1-15-7-14-10(6-16)12(15)8-3-4-11(17-2)9(13)5-8/h3-7H,1-2H3. The fourth-order valence-corrected chi connectivity index (χ4v) is 1.70. The summed E-state index contributed by atoms with van der Waals surface area (Å²) < 4.78 is 20.1. The monoisotopic (exact) mass is 234 g/mol. The summed E-state index contributed by atoms with van der Waals surface area (Å²) in [6.45, 7) is 0. The highest BCUT2D eigenvalue weighted by Crippen LogP contribution is 2.26. The molecule has 0 amide bonds. The summed E-state index contributed by atoms with van der Waals surface area (Å²) >= 11 is 0. The van der Waals surface area contributed by atoms with E-state index < -0.39 is 5.82 Å². The Balaban J connectivity index is 2.56. The number of hydrogen-bond acceptors (Lipinski definition) is 3. The van der Waals surface area contributed by atoms with Crippen molar-refractivity contribution in [1.82, 2.24) is 9.55 Å². The summed E-state index contributed by atoms with van der Waals surface area (Å²) in [7, 11) is 3.15. The second kappa shape index (κ2) is 4.37. The fraction of sp³-hybridized carbons (Fsp3) is 0.167. The molecule has 0 fully saturated rings. The van der Waals surface area contributed by atoms with Crippen molar-refractivity contribution < 1.29 is 13.9 Å². The van der Waals surface area contributed by atoms with Crippen LogP contribution in [0.2, 0.25) is 0 Å². The second-order valence-electron chi connectivity index (χ2n) is 3.56. The first kappa shape index (κ1) is 11.3. The first-order valence-electron chi connectivity index (χ1n) is 4.97.